The molecule has 0 aromatic rings. The van der Waals surface area contributed by atoms with Crippen LogP contribution in [0.1, 0.15) is 46.5 Å². The highest BCUT2D eigenvalue weighted by molar-refractivity contribution is 5.95. The molecule has 38 heavy (non-hydrogen) atoms. The Morgan fingerprint density at radius 1 is 1.05 bits per heavy atom. The van der Waals surface area contributed by atoms with Gasteiger partial charge in [-0.05, 0) is 50.0 Å². The summed E-state index contributed by atoms with van der Waals surface area (Å²) in [6.45, 7) is 5.21. The topological polar surface area (TPSA) is 146 Å². The summed E-state index contributed by atoms with van der Waals surface area (Å²) in [7, 11) is 0. The lowest BCUT2D eigenvalue weighted by Gasteiger charge is -2.67. The molecule has 10 nitrogen and oxygen atoms in total. The van der Waals surface area contributed by atoms with Crippen molar-refractivity contribution in [2.24, 2.45) is 34.5 Å². The zero-order valence-electron chi connectivity index (χ0n) is 21.4. The van der Waals surface area contributed by atoms with Crippen LogP contribution in [0.15, 0.2) is 23.8 Å². The molecule has 1 spiro atoms. The molecule has 0 aromatic carbocycles. The van der Waals surface area contributed by atoms with Crippen molar-refractivity contribution in [1.29, 1.82) is 0 Å². The van der Waals surface area contributed by atoms with Crippen molar-refractivity contribution in [2.45, 2.75) is 81.1 Å². The number of carbonyl (C=O) groups is 4. The summed E-state index contributed by atoms with van der Waals surface area (Å²) in [5, 5.41) is 22.7. The maximum Gasteiger partial charge on any atom is 0.343 e. The van der Waals surface area contributed by atoms with Gasteiger partial charge < -0.3 is 29.2 Å². The van der Waals surface area contributed by atoms with Gasteiger partial charge in [-0.1, -0.05) is 25.2 Å². The molecule has 4 bridgehead atoms. The quantitative estimate of drug-likeness (QED) is 0.339. The molecule has 4 saturated heterocycles. The van der Waals surface area contributed by atoms with Gasteiger partial charge in [0.25, 0.3) is 0 Å². The van der Waals surface area contributed by atoms with E-state index in [1.807, 2.05) is 19.9 Å². The Labute approximate surface area is 218 Å². The van der Waals surface area contributed by atoms with Gasteiger partial charge in [0, 0.05) is 12.3 Å². The van der Waals surface area contributed by atoms with Crippen LogP contribution in [0.5, 0.6) is 0 Å². The maximum atomic E-state index is 14.4. The van der Waals surface area contributed by atoms with Crippen LogP contribution < -0.4 is 0 Å². The first-order valence-corrected chi connectivity index (χ1v) is 13.5. The predicted molar refractivity (Wildman–Crippen MR) is 124 cm³/mol. The van der Waals surface area contributed by atoms with Gasteiger partial charge in [0.15, 0.2) is 11.2 Å². The zero-order valence-corrected chi connectivity index (χ0v) is 21.4. The maximum absolute atomic E-state index is 14.4. The number of carbonyl (C=O) groups excluding carboxylic acids is 4. The number of aliphatic hydroxyl groups is 2. The Bertz CT molecular complexity index is 1330. The minimum Gasteiger partial charge on any atom is -0.458 e. The Morgan fingerprint density at radius 2 is 1.82 bits per heavy atom. The molecule has 4 aliphatic heterocycles. The second-order valence-electron chi connectivity index (χ2n) is 13.3. The second kappa shape index (κ2) is 6.26. The molecule has 0 unspecified atom stereocenters. The summed E-state index contributed by atoms with van der Waals surface area (Å²) >= 11 is 0. The number of ether oxygens (including phenoxy) is 4. The first kappa shape index (κ1) is 23.3. The monoisotopic (exact) mass is 526 g/mol. The van der Waals surface area contributed by atoms with Crippen LogP contribution in [-0.2, 0) is 38.1 Å². The van der Waals surface area contributed by atoms with Gasteiger partial charge in [0.2, 0.25) is 11.2 Å². The average Bonchev–Trinajstić information content (AvgIpc) is 3.22. The Morgan fingerprint density at radius 3 is 2.58 bits per heavy atom. The molecule has 0 radical (unpaired) electrons. The SMILES string of the molecule is C[C@]12C(=O)C[C@@H](O)C=C1C=C[C@@H]1[C@@H]2CC[C@]2(O)C(=O)O[C@@]3(C)[C@H]4C[C@@]5(C)[C@@H]6[C@]1(OC[C@H]5C(=O)O4)C(=O)O[C@@]632. The lowest BCUT2D eigenvalue weighted by atomic mass is 9.39. The number of fused-ring (bicyclic) bond motifs is 5. The number of esters is 3. The lowest BCUT2D eigenvalue weighted by molar-refractivity contribution is -0.329. The van der Waals surface area contributed by atoms with E-state index in [1.165, 1.54) is 0 Å². The third kappa shape index (κ3) is 1.98. The van der Waals surface area contributed by atoms with Gasteiger partial charge in [-0.15, -0.1) is 0 Å². The second-order valence-corrected chi connectivity index (χ2v) is 13.3. The fraction of sp³-hybridized carbons (Fsp3) is 0.714. The minimum atomic E-state index is -2.23. The van der Waals surface area contributed by atoms with E-state index in [0.29, 0.717) is 12.0 Å². The summed E-state index contributed by atoms with van der Waals surface area (Å²) < 4.78 is 24.5. The Hall–Kier alpha value is -2.56. The Kier molecular flexibility index (Phi) is 3.84. The summed E-state index contributed by atoms with van der Waals surface area (Å²) in [5.74, 6) is -5.13. The number of Topliss-reactive ketones (excluding diaryl/α,β-unsaturated/α-hetero) is 1. The molecule has 6 fully saturated rings. The van der Waals surface area contributed by atoms with E-state index in [2.05, 4.69) is 0 Å². The van der Waals surface area contributed by atoms with E-state index < -0.39 is 87.0 Å². The number of allylic oxidation sites excluding steroid dienone is 2. The van der Waals surface area contributed by atoms with Crippen molar-refractivity contribution >= 4 is 23.7 Å². The standard InChI is InChI=1S/C28H30O10/c1-23-10-18-25(3)28-20(23)27(22(33)38-28,35-11-16(23)19(31)36-18)15-5-4-12-8-13(29)9-17(30)24(12,2)14(15)6-7-26(28,34)21(32)37-25/h4-5,8,13-16,18,20,29,34H,6-7,9-11H2,1-3H3/t13-,14-,15+,16-,18+,20+,23+,24-,25-,26-,27-,28-/m0/s1. The Balaban J connectivity index is 1.45. The highest BCUT2D eigenvalue weighted by atomic mass is 16.7. The minimum absolute atomic E-state index is 0.0690. The van der Waals surface area contributed by atoms with E-state index in [0.717, 1.165) is 0 Å². The molecule has 8 rings (SSSR count). The first-order valence-electron chi connectivity index (χ1n) is 13.5. The fourth-order valence-electron chi connectivity index (χ4n) is 10.3. The number of aliphatic hydroxyl groups excluding tert-OH is 1. The summed E-state index contributed by atoms with van der Waals surface area (Å²) in [6, 6.07) is 0. The van der Waals surface area contributed by atoms with Crippen LogP contribution in [0.25, 0.3) is 0 Å². The summed E-state index contributed by atoms with van der Waals surface area (Å²) in [5.41, 5.74) is -8.70. The molecule has 8 aliphatic rings. The van der Waals surface area contributed by atoms with Crippen LogP contribution in [0.4, 0.5) is 0 Å². The van der Waals surface area contributed by atoms with E-state index in [9.17, 15) is 29.4 Å². The van der Waals surface area contributed by atoms with Crippen LogP contribution in [0.3, 0.4) is 0 Å². The van der Waals surface area contributed by atoms with Crippen molar-refractivity contribution in [3.8, 4) is 0 Å². The predicted octanol–water partition coefficient (Wildman–Crippen LogP) is 0.528. The molecule has 4 aliphatic carbocycles. The fourth-order valence-corrected chi connectivity index (χ4v) is 10.3. The normalized spacial score (nSPS) is 59.0. The number of rotatable bonds is 0. The van der Waals surface area contributed by atoms with Gasteiger partial charge in [-0.25, -0.2) is 9.59 Å². The molecule has 2 saturated carbocycles. The number of hydrogen-bond acceptors (Lipinski definition) is 10. The van der Waals surface area contributed by atoms with E-state index in [4.69, 9.17) is 18.9 Å². The summed E-state index contributed by atoms with van der Waals surface area (Å²) in [4.78, 5) is 54.9. The van der Waals surface area contributed by atoms with Crippen molar-refractivity contribution < 1.29 is 48.3 Å². The van der Waals surface area contributed by atoms with Crippen LogP contribution in [0.2, 0.25) is 0 Å². The van der Waals surface area contributed by atoms with Crippen LogP contribution >= 0.6 is 0 Å². The van der Waals surface area contributed by atoms with Crippen molar-refractivity contribution in [3.05, 3.63) is 23.8 Å². The molecule has 202 valence electrons. The van der Waals surface area contributed by atoms with Crippen LogP contribution in [-0.4, -0.2) is 75.1 Å². The van der Waals surface area contributed by atoms with Gasteiger partial charge in [-0.2, -0.15) is 0 Å². The molecule has 0 amide bonds. The number of hydrogen-bond donors (Lipinski definition) is 2. The highest BCUT2D eigenvalue weighted by Gasteiger charge is 2.95. The van der Waals surface area contributed by atoms with Gasteiger partial charge >= 0.3 is 17.9 Å². The molecule has 10 heteroatoms. The molecule has 4 heterocycles. The molecular formula is C28H30O10. The van der Waals surface area contributed by atoms with Gasteiger partial charge in [0.05, 0.1) is 30.0 Å². The molecule has 2 N–H and O–H groups in total. The van der Waals surface area contributed by atoms with E-state index in [-0.39, 0.29) is 31.7 Å². The summed E-state index contributed by atoms with van der Waals surface area (Å²) in [6.07, 6.45) is 3.83. The molecular weight excluding hydrogens is 496 g/mol. The smallest absolute Gasteiger partial charge is 0.343 e. The number of ketones is 1. The van der Waals surface area contributed by atoms with Gasteiger partial charge in [0.1, 0.15) is 11.9 Å². The zero-order chi connectivity index (χ0) is 26.8. The molecule has 0 aromatic heterocycles. The third-order valence-corrected chi connectivity index (χ3v) is 12.0. The van der Waals surface area contributed by atoms with Gasteiger partial charge in [-0.3, -0.25) is 9.59 Å². The van der Waals surface area contributed by atoms with Crippen molar-refractivity contribution in [3.63, 3.8) is 0 Å². The largest absolute Gasteiger partial charge is 0.458 e. The van der Waals surface area contributed by atoms with E-state index in [1.54, 1.807) is 19.1 Å². The van der Waals surface area contributed by atoms with E-state index >= 15 is 0 Å². The highest BCUT2D eigenvalue weighted by Crippen LogP contribution is 2.76. The van der Waals surface area contributed by atoms with Crippen LogP contribution in [0, 0.1) is 34.5 Å². The lowest BCUT2D eigenvalue weighted by Crippen LogP contribution is -2.82. The van der Waals surface area contributed by atoms with Crippen molar-refractivity contribution in [2.75, 3.05) is 6.61 Å². The third-order valence-electron chi connectivity index (χ3n) is 12.0. The van der Waals surface area contributed by atoms with Crippen molar-refractivity contribution in [1.82, 2.24) is 0 Å². The first-order chi connectivity index (χ1) is 17.8. The molecule has 12 atom stereocenters. The average molecular weight is 527 g/mol.